The Hall–Kier alpha value is -4.05. The summed E-state index contributed by atoms with van der Waals surface area (Å²) in [5, 5.41) is 8.43. The molecule has 11 heteroatoms. The molecule has 0 unspecified atom stereocenters. The van der Waals surface area contributed by atoms with Crippen molar-refractivity contribution in [1.29, 1.82) is 0 Å². The van der Waals surface area contributed by atoms with Gasteiger partial charge in [-0.15, -0.1) is 0 Å². The number of hydrogen-bond acceptors (Lipinski definition) is 7. The van der Waals surface area contributed by atoms with Gasteiger partial charge in [-0.2, -0.15) is 9.78 Å². The van der Waals surface area contributed by atoms with E-state index >= 15 is 0 Å². The van der Waals surface area contributed by atoms with Gasteiger partial charge in [-0.3, -0.25) is 4.79 Å². The first-order valence-electron chi connectivity index (χ1n) is 12.7. The molecule has 1 aliphatic heterocycles. The number of nitrogens with one attached hydrogen (secondary N) is 1. The van der Waals surface area contributed by atoms with Gasteiger partial charge in [0.15, 0.2) is 0 Å². The van der Waals surface area contributed by atoms with Gasteiger partial charge in [-0.1, -0.05) is 41.4 Å². The lowest BCUT2D eigenvalue weighted by Gasteiger charge is -2.34. The summed E-state index contributed by atoms with van der Waals surface area (Å²) in [6.45, 7) is 4.00. The summed E-state index contributed by atoms with van der Waals surface area (Å²) in [5.41, 5.74) is 2.63. The summed E-state index contributed by atoms with van der Waals surface area (Å²) in [6.07, 6.45) is 1.43. The summed E-state index contributed by atoms with van der Waals surface area (Å²) < 4.78 is 15.4. The summed E-state index contributed by atoms with van der Waals surface area (Å²) in [6, 6.07) is 18.9. The van der Waals surface area contributed by atoms with E-state index in [1.165, 1.54) is 18.3 Å². The molecule has 0 spiro atoms. The van der Waals surface area contributed by atoms with Crippen LogP contribution in [-0.2, 0) is 0 Å². The predicted molar refractivity (Wildman–Crippen MR) is 158 cm³/mol. The van der Waals surface area contributed by atoms with Crippen LogP contribution in [0.1, 0.15) is 0 Å². The van der Waals surface area contributed by atoms with Crippen LogP contribution in [0.25, 0.3) is 27.8 Å². The Labute approximate surface area is 239 Å². The Morgan fingerprint density at radius 3 is 2.33 bits per heavy atom. The van der Waals surface area contributed by atoms with Gasteiger partial charge in [0.1, 0.15) is 22.7 Å². The average Bonchev–Trinajstić information content (AvgIpc) is 2.95. The highest BCUT2D eigenvalue weighted by Crippen LogP contribution is 2.30. The van der Waals surface area contributed by atoms with E-state index in [4.69, 9.17) is 23.2 Å². The average molecular weight is 576 g/mol. The maximum Gasteiger partial charge on any atom is 0.282 e. The van der Waals surface area contributed by atoms with E-state index in [1.807, 2.05) is 12.1 Å². The summed E-state index contributed by atoms with van der Waals surface area (Å²) >= 11 is 12.8. The molecule has 1 N–H and O–H groups in total. The van der Waals surface area contributed by atoms with E-state index in [9.17, 15) is 9.18 Å². The van der Waals surface area contributed by atoms with Crippen molar-refractivity contribution < 1.29 is 4.39 Å². The van der Waals surface area contributed by atoms with E-state index in [1.54, 1.807) is 30.3 Å². The third-order valence-corrected chi connectivity index (χ3v) is 7.49. The molecule has 3 aromatic carbocycles. The fourth-order valence-electron chi connectivity index (χ4n) is 4.71. The Bertz CT molecular complexity index is 1750. The highest BCUT2D eigenvalue weighted by atomic mass is 35.5. The third-order valence-electron chi connectivity index (χ3n) is 6.88. The monoisotopic (exact) mass is 575 g/mol. The van der Waals surface area contributed by atoms with Gasteiger partial charge in [0.05, 0.1) is 15.4 Å². The minimum absolute atomic E-state index is 0.182. The number of halogens is 3. The quantitative estimate of drug-likeness (QED) is 0.284. The molecular weight excluding hydrogens is 552 g/mol. The number of para-hydroxylation sites is 1. The number of hydrogen-bond donors (Lipinski definition) is 1. The van der Waals surface area contributed by atoms with Gasteiger partial charge in [0.25, 0.3) is 5.56 Å². The minimum Gasteiger partial charge on any atom is -0.369 e. The minimum atomic E-state index is -0.506. The second kappa shape index (κ2) is 10.8. The van der Waals surface area contributed by atoms with E-state index in [-0.39, 0.29) is 38.3 Å². The largest absolute Gasteiger partial charge is 0.369 e. The molecule has 0 atom stereocenters. The Morgan fingerprint density at radius 1 is 0.925 bits per heavy atom. The lowest BCUT2D eigenvalue weighted by atomic mass is 10.1. The summed E-state index contributed by atoms with van der Waals surface area (Å²) in [7, 11) is 2.13. The number of rotatable bonds is 5. The molecule has 0 aliphatic carbocycles. The number of piperazine rings is 1. The van der Waals surface area contributed by atoms with Crippen molar-refractivity contribution in [2.24, 2.45) is 0 Å². The van der Waals surface area contributed by atoms with Crippen LogP contribution in [0.5, 0.6) is 0 Å². The number of nitrogens with zero attached hydrogens (tertiary/aromatic N) is 6. The zero-order valence-corrected chi connectivity index (χ0v) is 23.0. The highest BCUT2D eigenvalue weighted by Gasteiger charge is 2.20. The van der Waals surface area contributed by atoms with Crippen molar-refractivity contribution in [3.05, 3.63) is 99.1 Å². The molecule has 5 aromatic rings. The SMILES string of the molecule is CN1CCN(c2ccc(Nc3ncc4c(=O)n(-c5c(Cl)cccc5Cl)nc(-c5cccc(F)c5)c4n3)cc2)CC1. The van der Waals surface area contributed by atoms with Crippen LogP contribution in [0, 0.1) is 5.82 Å². The normalized spacial score (nSPS) is 14.1. The van der Waals surface area contributed by atoms with E-state index in [0.717, 1.165) is 42.2 Å². The van der Waals surface area contributed by atoms with Crippen molar-refractivity contribution in [3.8, 4) is 16.9 Å². The molecule has 0 radical (unpaired) electrons. The van der Waals surface area contributed by atoms with Crippen molar-refractivity contribution in [2.75, 3.05) is 43.4 Å². The molecule has 0 amide bonds. The second-order valence-corrected chi connectivity index (χ2v) is 10.4. The van der Waals surface area contributed by atoms with Crippen molar-refractivity contribution >= 4 is 51.4 Å². The van der Waals surface area contributed by atoms with E-state index < -0.39 is 11.4 Å². The summed E-state index contributed by atoms with van der Waals surface area (Å²) in [4.78, 5) is 27.3. The third kappa shape index (κ3) is 5.11. The Morgan fingerprint density at radius 2 is 1.62 bits per heavy atom. The number of benzene rings is 3. The molecule has 1 fully saturated rings. The van der Waals surface area contributed by atoms with E-state index in [0.29, 0.717) is 5.56 Å². The van der Waals surface area contributed by atoms with Gasteiger partial charge in [0, 0.05) is 49.3 Å². The molecule has 1 saturated heterocycles. The van der Waals surface area contributed by atoms with Gasteiger partial charge < -0.3 is 15.1 Å². The van der Waals surface area contributed by atoms with E-state index in [2.05, 4.69) is 49.4 Å². The van der Waals surface area contributed by atoms with Crippen LogP contribution in [-0.4, -0.2) is 57.9 Å². The first kappa shape index (κ1) is 26.2. The predicted octanol–water partition coefficient (Wildman–Crippen LogP) is 5.78. The molecule has 3 heterocycles. The van der Waals surface area contributed by atoms with Gasteiger partial charge in [0.2, 0.25) is 5.95 Å². The molecular formula is C29H24Cl2FN7O. The van der Waals surface area contributed by atoms with Crippen LogP contribution in [0.4, 0.5) is 21.7 Å². The highest BCUT2D eigenvalue weighted by molar-refractivity contribution is 6.37. The number of fused-ring (bicyclic) bond motifs is 1. The van der Waals surface area contributed by atoms with Gasteiger partial charge in [-0.25, -0.2) is 14.4 Å². The molecule has 2 aromatic heterocycles. The lowest BCUT2D eigenvalue weighted by molar-refractivity contribution is 0.313. The first-order valence-corrected chi connectivity index (χ1v) is 13.4. The van der Waals surface area contributed by atoms with Crippen molar-refractivity contribution in [1.82, 2.24) is 24.6 Å². The van der Waals surface area contributed by atoms with Gasteiger partial charge in [-0.05, 0) is 55.6 Å². The molecule has 0 bridgehead atoms. The van der Waals surface area contributed by atoms with Crippen LogP contribution >= 0.6 is 23.2 Å². The standard InChI is InChI=1S/C29H24Cl2FN7O/c1-37-12-14-38(15-13-37)21-10-8-20(9-11-21)34-29-33-17-22-26(35-29)25(18-4-2-5-19(32)16-18)36-39(28(22)40)27-23(30)6-3-7-24(27)31/h2-11,16-17H,12-15H2,1H3,(H,33,34,35). The summed E-state index contributed by atoms with van der Waals surface area (Å²) in [5.74, 6) is -0.180. The number of aromatic nitrogens is 4. The fraction of sp³-hybridized carbons (Fsp3) is 0.172. The van der Waals surface area contributed by atoms with Crippen molar-refractivity contribution in [3.63, 3.8) is 0 Å². The van der Waals surface area contributed by atoms with Crippen molar-refractivity contribution in [2.45, 2.75) is 0 Å². The Kier molecular flexibility index (Phi) is 7.10. The van der Waals surface area contributed by atoms with Crippen LogP contribution in [0.15, 0.2) is 77.7 Å². The number of anilines is 3. The first-order chi connectivity index (χ1) is 19.4. The second-order valence-electron chi connectivity index (χ2n) is 9.56. The van der Waals surface area contributed by atoms with Gasteiger partial charge >= 0.3 is 0 Å². The van der Waals surface area contributed by atoms with Crippen LogP contribution < -0.4 is 15.8 Å². The lowest BCUT2D eigenvalue weighted by Crippen LogP contribution is -2.44. The molecule has 40 heavy (non-hydrogen) atoms. The Balaban J connectivity index is 1.41. The smallest absolute Gasteiger partial charge is 0.282 e. The zero-order chi connectivity index (χ0) is 27.8. The molecule has 202 valence electrons. The zero-order valence-electron chi connectivity index (χ0n) is 21.5. The van der Waals surface area contributed by atoms with Crippen LogP contribution in [0.3, 0.4) is 0 Å². The molecule has 1 aliphatic rings. The topological polar surface area (TPSA) is 79.2 Å². The maximum atomic E-state index is 14.2. The molecule has 0 saturated carbocycles. The fourth-order valence-corrected chi connectivity index (χ4v) is 5.27. The van der Waals surface area contributed by atoms with Crippen LogP contribution in [0.2, 0.25) is 10.0 Å². The number of likely N-dealkylation sites (N-methyl/N-ethyl adjacent to an activating group) is 1. The molecule has 8 nitrogen and oxygen atoms in total. The maximum absolute atomic E-state index is 14.2. The molecule has 6 rings (SSSR count).